The first kappa shape index (κ1) is 21.1. The molecule has 0 saturated heterocycles. The van der Waals surface area contributed by atoms with Gasteiger partial charge in [-0.3, -0.25) is 9.78 Å². The number of hydrogen-bond donors (Lipinski definition) is 2. The van der Waals surface area contributed by atoms with Crippen molar-refractivity contribution in [3.8, 4) is 0 Å². The number of aliphatic hydroxyl groups is 1. The van der Waals surface area contributed by atoms with Gasteiger partial charge < -0.3 is 14.8 Å². The summed E-state index contributed by atoms with van der Waals surface area (Å²) in [6.07, 6.45) is 1.55. The maximum atomic E-state index is 13.2. The Balaban J connectivity index is 1.93. The Hall–Kier alpha value is -3.19. The first-order valence-corrected chi connectivity index (χ1v) is 10.1. The molecule has 6 nitrogen and oxygen atoms in total. The highest BCUT2D eigenvalue weighted by Gasteiger charge is 2.17. The summed E-state index contributed by atoms with van der Waals surface area (Å²) in [6, 6.07) is 15.4. The highest BCUT2D eigenvalue weighted by atomic mass is 35.5. The minimum atomic E-state index is -0.454. The van der Waals surface area contributed by atoms with E-state index in [9.17, 15) is 9.90 Å². The number of nitrogens with zero attached hydrogens (tertiary/aromatic N) is 2. The average molecular weight is 454 g/mol. The van der Waals surface area contributed by atoms with Gasteiger partial charge in [0.05, 0.1) is 28.7 Å². The smallest absolute Gasteiger partial charge is 0.261 e. The molecule has 2 aromatic carbocycles. The summed E-state index contributed by atoms with van der Waals surface area (Å²) in [5.41, 5.74) is 2.88. The normalized spacial score (nSPS) is 11.7. The fourth-order valence-corrected chi connectivity index (χ4v) is 3.35. The number of aliphatic hydroxyl groups excluding tert-OH is 1. The van der Waals surface area contributed by atoms with Crippen molar-refractivity contribution in [2.75, 3.05) is 5.32 Å². The van der Waals surface area contributed by atoms with Gasteiger partial charge in [0.1, 0.15) is 5.56 Å². The van der Waals surface area contributed by atoms with Gasteiger partial charge in [0.25, 0.3) is 5.91 Å². The first-order valence-electron chi connectivity index (χ1n) is 9.35. The number of fused-ring (bicyclic) bond motifs is 1. The van der Waals surface area contributed by atoms with Crippen LogP contribution in [0.5, 0.6) is 0 Å². The molecule has 4 aromatic rings. The Morgan fingerprint density at radius 3 is 2.61 bits per heavy atom. The first-order chi connectivity index (χ1) is 15.0. The lowest BCUT2D eigenvalue weighted by Crippen LogP contribution is -2.22. The number of hydrogen-bond acceptors (Lipinski definition) is 5. The van der Waals surface area contributed by atoms with Crippen LogP contribution >= 0.6 is 23.2 Å². The molecular formula is C23H17Cl2N3O3. The molecule has 0 spiro atoms. The zero-order valence-electron chi connectivity index (χ0n) is 16.4. The number of anilines is 1. The van der Waals surface area contributed by atoms with E-state index in [2.05, 4.69) is 15.3 Å². The molecule has 2 N–H and O–H groups in total. The van der Waals surface area contributed by atoms with E-state index >= 15 is 0 Å². The van der Waals surface area contributed by atoms with Crippen LogP contribution in [0, 0.1) is 6.92 Å². The maximum Gasteiger partial charge on any atom is 0.261 e. The van der Waals surface area contributed by atoms with Crippen molar-refractivity contribution in [1.82, 2.24) is 4.98 Å². The van der Waals surface area contributed by atoms with E-state index in [0.717, 1.165) is 0 Å². The summed E-state index contributed by atoms with van der Waals surface area (Å²) in [7, 11) is 0. The second kappa shape index (κ2) is 8.89. The molecule has 4 rings (SSSR count). The molecule has 0 saturated carbocycles. The third kappa shape index (κ3) is 4.46. The molecule has 2 heterocycles. The quantitative estimate of drug-likeness (QED) is 0.431. The third-order valence-electron chi connectivity index (χ3n) is 4.65. The van der Waals surface area contributed by atoms with E-state index in [1.807, 2.05) is 0 Å². The van der Waals surface area contributed by atoms with Gasteiger partial charge in [-0.2, -0.15) is 0 Å². The lowest BCUT2D eigenvalue weighted by atomic mass is 10.1. The van der Waals surface area contributed by atoms with E-state index in [0.29, 0.717) is 43.6 Å². The zero-order valence-corrected chi connectivity index (χ0v) is 17.9. The zero-order chi connectivity index (χ0) is 22.0. The average Bonchev–Trinajstić information content (AvgIpc) is 2.77. The summed E-state index contributed by atoms with van der Waals surface area (Å²) in [4.78, 5) is 21.9. The number of para-hydroxylation sites is 1. The Bertz CT molecular complexity index is 1350. The van der Waals surface area contributed by atoms with Crippen LogP contribution in [-0.4, -0.2) is 16.0 Å². The van der Waals surface area contributed by atoms with Gasteiger partial charge in [0.2, 0.25) is 5.55 Å². The largest absolute Gasteiger partial charge is 0.436 e. The molecule has 1 amide bonds. The molecule has 0 aliphatic rings. The molecular weight excluding hydrogens is 437 g/mol. The van der Waals surface area contributed by atoms with E-state index in [1.54, 1.807) is 67.7 Å². The Kier molecular flexibility index (Phi) is 6.04. The highest BCUT2D eigenvalue weighted by molar-refractivity contribution is 6.34. The molecule has 8 heteroatoms. The van der Waals surface area contributed by atoms with Gasteiger partial charge >= 0.3 is 0 Å². The Labute approximate surface area is 187 Å². The van der Waals surface area contributed by atoms with Crippen LogP contribution in [0.25, 0.3) is 11.0 Å². The van der Waals surface area contributed by atoms with Crippen LogP contribution < -0.4 is 10.9 Å². The van der Waals surface area contributed by atoms with Crippen molar-refractivity contribution < 1.29 is 14.3 Å². The number of benzene rings is 2. The molecule has 0 radical (unpaired) electrons. The standard InChI is InChI=1S/C23H17Cl2N3O3/c1-13-21-17(14(12-29)11-26-13)10-18(22(30)28-20-5-3-2-4-19(20)25)23(31-21)27-16-8-6-15(24)7-9-16/h2-11,29H,12H2,1H3,(H,28,30). The summed E-state index contributed by atoms with van der Waals surface area (Å²) >= 11 is 12.1. The second-order valence-electron chi connectivity index (χ2n) is 6.76. The van der Waals surface area contributed by atoms with E-state index in [1.165, 1.54) is 0 Å². The summed E-state index contributed by atoms with van der Waals surface area (Å²) in [5.74, 6) is -0.454. The summed E-state index contributed by atoms with van der Waals surface area (Å²) < 4.78 is 6.02. The van der Waals surface area contributed by atoms with Crippen LogP contribution in [0.1, 0.15) is 21.6 Å². The topological polar surface area (TPSA) is 87.7 Å². The SMILES string of the molecule is Cc1ncc(CO)c2cc(C(=O)Nc3ccccc3Cl)c(=Nc3ccc(Cl)cc3)oc12. The number of aryl methyl sites for hydroxylation is 1. The fourth-order valence-electron chi connectivity index (χ4n) is 3.05. The van der Waals surface area contributed by atoms with Crippen molar-refractivity contribution in [2.45, 2.75) is 13.5 Å². The fraction of sp³-hybridized carbons (Fsp3) is 0.0870. The number of rotatable bonds is 4. The predicted octanol–water partition coefficient (Wildman–Crippen LogP) is 5.42. The van der Waals surface area contributed by atoms with E-state index < -0.39 is 5.91 Å². The van der Waals surface area contributed by atoms with Crippen molar-refractivity contribution in [1.29, 1.82) is 0 Å². The van der Waals surface area contributed by atoms with Crippen LogP contribution in [0.3, 0.4) is 0 Å². The maximum absolute atomic E-state index is 13.2. The molecule has 0 fully saturated rings. The Morgan fingerprint density at radius 1 is 1.16 bits per heavy atom. The molecule has 0 atom stereocenters. The lowest BCUT2D eigenvalue weighted by molar-refractivity contribution is 0.102. The lowest BCUT2D eigenvalue weighted by Gasteiger charge is -2.10. The number of nitrogens with one attached hydrogen (secondary N) is 1. The summed E-state index contributed by atoms with van der Waals surface area (Å²) in [5, 5.41) is 14.1. The van der Waals surface area contributed by atoms with Crippen molar-refractivity contribution in [2.24, 2.45) is 4.99 Å². The Morgan fingerprint density at radius 2 is 1.90 bits per heavy atom. The molecule has 31 heavy (non-hydrogen) atoms. The van der Waals surface area contributed by atoms with Crippen molar-refractivity contribution in [3.63, 3.8) is 0 Å². The van der Waals surface area contributed by atoms with Gasteiger partial charge in [-0.25, -0.2) is 4.99 Å². The second-order valence-corrected chi connectivity index (χ2v) is 7.60. The van der Waals surface area contributed by atoms with Gasteiger partial charge in [-0.05, 0) is 49.4 Å². The van der Waals surface area contributed by atoms with Crippen molar-refractivity contribution in [3.05, 3.63) is 93.2 Å². The number of aromatic nitrogens is 1. The van der Waals surface area contributed by atoms with Gasteiger partial charge in [0.15, 0.2) is 5.58 Å². The van der Waals surface area contributed by atoms with E-state index in [-0.39, 0.29) is 17.7 Å². The minimum absolute atomic E-state index is 0.0966. The molecule has 0 bridgehead atoms. The van der Waals surface area contributed by atoms with Crippen LogP contribution in [0.15, 0.2) is 70.2 Å². The van der Waals surface area contributed by atoms with Gasteiger partial charge in [-0.15, -0.1) is 0 Å². The van der Waals surface area contributed by atoms with Crippen molar-refractivity contribution >= 4 is 51.5 Å². The molecule has 0 aliphatic carbocycles. The summed E-state index contributed by atoms with van der Waals surface area (Å²) in [6.45, 7) is 1.53. The number of pyridine rings is 1. The van der Waals surface area contributed by atoms with E-state index in [4.69, 9.17) is 27.6 Å². The third-order valence-corrected chi connectivity index (χ3v) is 5.23. The van der Waals surface area contributed by atoms with Crippen LogP contribution in [-0.2, 0) is 6.61 Å². The number of halogens is 2. The van der Waals surface area contributed by atoms with Gasteiger partial charge in [0, 0.05) is 22.2 Å². The van der Waals surface area contributed by atoms with Crippen LogP contribution in [0.4, 0.5) is 11.4 Å². The van der Waals surface area contributed by atoms with Crippen LogP contribution in [0.2, 0.25) is 10.0 Å². The monoisotopic (exact) mass is 453 g/mol. The molecule has 156 valence electrons. The minimum Gasteiger partial charge on any atom is -0.436 e. The highest BCUT2D eigenvalue weighted by Crippen LogP contribution is 2.24. The molecule has 2 aromatic heterocycles. The molecule has 0 unspecified atom stereocenters. The molecule has 0 aliphatic heterocycles. The van der Waals surface area contributed by atoms with Gasteiger partial charge in [-0.1, -0.05) is 35.3 Å². The number of amides is 1. The predicted molar refractivity (Wildman–Crippen MR) is 121 cm³/mol. The number of carbonyl (C=O) groups is 1. The number of carbonyl (C=O) groups excluding carboxylic acids is 1.